The van der Waals surface area contributed by atoms with Crippen LogP contribution < -0.4 is 0 Å². The predicted octanol–water partition coefficient (Wildman–Crippen LogP) is 1.72. The van der Waals surface area contributed by atoms with E-state index >= 15 is 0 Å². The maximum Gasteiger partial charge on any atom is 0.339 e. The molecular formula is C13H9FN4O2. The van der Waals surface area contributed by atoms with E-state index < -0.39 is 11.8 Å². The molecule has 0 amide bonds. The fourth-order valence-corrected chi connectivity index (χ4v) is 1.86. The van der Waals surface area contributed by atoms with Crippen LogP contribution in [0.3, 0.4) is 0 Å². The van der Waals surface area contributed by atoms with Gasteiger partial charge in [0.15, 0.2) is 11.5 Å². The highest BCUT2D eigenvalue weighted by molar-refractivity contribution is 5.89. The molecule has 0 bridgehead atoms. The third kappa shape index (κ3) is 1.99. The van der Waals surface area contributed by atoms with Crippen LogP contribution in [0.2, 0.25) is 0 Å². The summed E-state index contributed by atoms with van der Waals surface area (Å²) in [4.78, 5) is 15.3. The van der Waals surface area contributed by atoms with Crippen molar-refractivity contribution >= 4 is 11.6 Å². The molecule has 0 saturated carbocycles. The summed E-state index contributed by atoms with van der Waals surface area (Å²) in [6, 6.07) is 4.52. The lowest BCUT2D eigenvalue weighted by Gasteiger charge is -2.02. The fraction of sp³-hybridized carbons (Fsp3) is 0.0769. The van der Waals surface area contributed by atoms with Gasteiger partial charge in [0.2, 0.25) is 0 Å². The van der Waals surface area contributed by atoms with E-state index in [1.807, 2.05) is 0 Å². The second-order valence-electron chi connectivity index (χ2n) is 4.05. The highest BCUT2D eigenvalue weighted by atomic mass is 19.1. The molecule has 3 aromatic rings. The zero-order chi connectivity index (χ0) is 14.1. The van der Waals surface area contributed by atoms with E-state index in [1.165, 1.54) is 19.4 Å². The van der Waals surface area contributed by atoms with Gasteiger partial charge >= 0.3 is 5.97 Å². The Morgan fingerprint density at radius 2 is 2.15 bits per heavy atom. The summed E-state index contributed by atoms with van der Waals surface area (Å²) in [5.41, 5.74) is 1.36. The van der Waals surface area contributed by atoms with Crippen molar-refractivity contribution in [1.82, 2.24) is 19.6 Å². The number of carbonyl (C=O) groups excluding carboxylic acids is 1. The molecule has 0 aliphatic carbocycles. The zero-order valence-electron chi connectivity index (χ0n) is 10.4. The van der Waals surface area contributed by atoms with Gasteiger partial charge in [0.1, 0.15) is 5.82 Å². The minimum absolute atomic E-state index is 0.352. The van der Waals surface area contributed by atoms with Gasteiger partial charge in [-0.25, -0.2) is 9.18 Å². The molecule has 0 radical (unpaired) electrons. The van der Waals surface area contributed by atoms with Gasteiger partial charge in [-0.1, -0.05) is 0 Å². The molecule has 0 N–H and O–H groups in total. The number of aromatic nitrogens is 4. The van der Waals surface area contributed by atoms with Crippen molar-refractivity contribution in [3.8, 4) is 11.4 Å². The van der Waals surface area contributed by atoms with Crippen LogP contribution in [-0.4, -0.2) is 32.7 Å². The molecule has 0 aromatic carbocycles. The molecule has 3 rings (SSSR count). The molecule has 0 unspecified atom stereocenters. The summed E-state index contributed by atoms with van der Waals surface area (Å²) in [6.45, 7) is 0. The lowest BCUT2D eigenvalue weighted by molar-refractivity contribution is 0.0600. The smallest absolute Gasteiger partial charge is 0.339 e. The number of methoxy groups -OCH3 is 1. The average molecular weight is 272 g/mol. The van der Waals surface area contributed by atoms with Gasteiger partial charge in [0.25, 0.3) is 0 Å². The molecule has 0 spiro atoms. The minimum atomic E-state index is -0.469. The number of pyridine rings is 2. The summed E-state index contributed by atoms with van der Waals surface area (Å²) < 4.78 is 19.5. The van der Waals surface area contributed by atoms with E-state index in [-0.39, 0.29) is 0 Å². The third-order valence-corrected chi connectivity index (χ3v) is 2.79. The number of ether oxygens (including phenoxy) is 1. The van der Waals surface area contributed by atoms with Crippen molar-refractivity contribution < 1.29 is 13.9 Å². The highest BCUT2D eigenvalue weighted by Gasteiger charge is 2.12. The van der Waals surface area contributed by atoms with Crippen molar-refractivity contribution in [3.63, 3.8) is 0 Å². The van der Waals surface area contributed by atoms with Crippen LogP contribution in [0.5, 0.6) is 0 Å². The fourth-order valence-electron chi connectivity index (χ4n) is 1.86. The number of esters is 1. The summed E-state index contributed by atoms with van der Waals surface area (Å²) in [5, 5.41) is 7.95. The molecule has 0 atom stereocenters. The lowest BCUT2D eigenvalue weighted by Crippen LogP contribution is -2.03. The van der Waals surface area contributed by atoms with Crippen molar-refractivity contribution in [2.45, 2.75) is 0 Å². The number of rotatable bonds is 2. The Morgan fingerprint density at radius 1 is 1.30 bits per heavy atom. The Labute approximate surface area is 112 Å². The number of nitrogens with zero attached hydrogens (tertiary/aromatic N) is 4. The largest absolute Gasteiger partial charge is 0.465 e. The van der Waals surface area contributed by atoms with Crippen LogP contribution in [0, 0.1) is 5.82 Å². The summed E-state index contributed by atoms with van der Waals surface area (Å²) in [6.07, 6.45) is 4.12. The van der Waals surface area contributed by atoms with Crippen LogP contribution >= 0.6 is 0 Å². The van der Waals surface area contributed by atoms with E-state index in [2.05, 4.69) is 19.9 Å². The van der Waals surface area contributed by atoms with Gasteiger partial charge in [0, 0.05) is 18.0 Å². The van der Waals surface area contributed by atoms with Gasteiger partial charge in [-0.3, -0.25) is 9.38 Å². The first kappa shape index (κ1) is 12.2. The van der Waals surface area contributed by atoms with Gasteiger partial charge in [0.05, 0.1) is 18.9 Å². The summed E-state index contributed by atoms with van der Waals surface area (Å²) in [5.74, 6) is -0.537. The van der Waals surface area contributed by atoms with E-state index in [1.54, 1.807) is 22.7 Å². The molecule has 7 heteroatoms. The van der Waals surface area contributed by atoms with E-state index in [0.717, 1.165) is 6.20 Å². The van der Waals surface area contributed by atoms with Gasteiger partial charge in [-0.05, 0) is 18.2 Å². The first-order valence-electron chi connectivity index (χ1n) is 5.73. The second-order valence-corrected chi connectivity index (χ2v) is 4.05. The molecule has 20 heavy (non-hydrogen) atoms. The Balaban J connectivity index is 2.19. The quantitative estimate of drug-likeness (QED) is 0.664. The zero-order valence-corrected chi connectivity index (χ0v) is 10.4. The standard InChI is InChI=1S/C13H9FN4O2/c1-20-13(19)8-2-3-11-16-17-12(18(11)7-8)9-4-10(14)6-15-5-9/h2-7H,1H3. The first-order chi connectivity index (χ1) is 9.69. The van der Waals surface area contributed by atoms with Gasteiger partial charge < -0.3 is 4.74 Å². The Hall–Kier alpha value is -2.83. The van der Waals surface area contributed by atoms with Crippen molar-refractivity contribution in [1.29, 1.82) is 0 Å². The Bertz CT molecular complexity index is 800. The second kappa shape index (κ2) is 4.69. The van der Waals surface area contributed by atoms with Crippen molar-refractivity contribution in [2.75, 3.05) is 7.11 Å². The van der Waals surface area contributed by atoms with E-state index in [9.17, 15) is 9.18 Å². The molecule has 100 valence electrons. The SMILES string of the molecule is COC(=O)c1ccc2nnc(-c3cncc(F)c3)n2c1. The predicted molar refractivity (Wildman–Crippen MR) is 67.5 cm³/mol. The van der Waals surface area contributed by atoms with E-state index in [4.69, 9.17) is 0 Å². The number of carbonyl (C=O) groups is 1. The first-order valence-corrected chi connectivity index (χ1v) is 5.73. The molecule has 3 heterocycles. The van der Waals surface area contributed by atoms with Crippen molar-refractivity contribution in [2.24, 2.45) is 0 Å². The number of halogens is 1. The number of hydrogen-bond acceptors (Lipinski definition) is 5. The van der Waals surface area contributed by atoms with Crippen molar-refractivity contribution in [3.05, 3.63) is 48.2 Å². The third-order valence-electron chi connectivity index (χ3n) is 2.79. The lowest BCUT2D eigenvalue weighted by atomic mass is 10.2. The normalized spacial score (nSPS) is 10.7. The van der Waals surface area contributed by atoms with Gasteiger partial charge in [-0.2, -0.15) is 0 Å². The van der Waals surface area contributed by atoms with Crippen LogP contribution in [0.25, 0.3) is 17.0 Å². The van der Waals surface area contributed by atoms with Crippen LogP contribution in [0.4, 0.5) is 4.39 Å². The molecule has 0 saturated heterocycles. The monoisotopic (exact) mass is 272 g/mol. The highest BCUT2D eigenvalue weighted by Crippen LogP contribution is 2.19. The Morgan fingerprint density at radius 3 is 2.90 bits per heavy atom. The van der Waals surface area contributed by atoms with Gasteiger partial charge in [-0.15, -0.1) is 10.2 Å². The molecule has 3 aromatic heterocycles. The maximum absolute atomic E-state index is 13.2. The minimum Gasteiger partial charge on any atom is -0.465 e. The topological polar surface area (TPSA) is 69.4 Å². The van der Waals surface area contributed by atoms with Crippen LogP contribution in [0.15, 0.2) is 36.8 Å². The molecule has 0 aliphatic rings. The van der Waals surface area contributed by atoms with Crippen LogP contribution in [-0.2, 0) is 4.74 Å². The number of fused-ring (bicyclic) bond motifs is 1. The summed E-state index contributed by atoms with van der Waals surface area (Å²) in [7, 11) is 1.30. The molecular weight excluding hydrogens is 263 g/mol. The summed E-state index contributed by atoms with van der Waals surface area (Å²) >= 11 is 0. The maximum atomic E-state index is 13.2. The molecule has 0 aliphatic heterocycles. The average Bonchev–Trinajstić information content (AvgIpc) is 2.89. The Kier molecular flexibility index (Phi) is 2.86. The number of hydrogen-bond donors (Lipinski definition) is 0. The van der Waals surface area contributed by atoms with E-state index in [0.29, 0.717) is 22.6 Å². The molecule has 0 fully saturated rings. The van der Waals surface area contributed by atoms with Crippen LogP contribution in [0.1, 0.15) is 10.4 Å². The molecule has 6 nitrogen and oxygen atoms in total.